The van der Waals surface area contributed by atoms with Crippen LogP contribution >= 0.6 is 0 Å². The van der Waals surface area contributed by atoms with E-state index in [1.54, 1.807) is 24.3 Å². The molecular formula is C16H19NO8. The number of ether oxygens (including phenoxy) is 2. The highest BCUT2D eigenvalue weighted by Crippen LogP contribution is 2.34. The van der Waals surface area contributed by atoms with E-state index in [0.717, 1.165) is 0 Å². The smallest absolute Gasteiger partial charge is 0.309 e. The van der Waals surface area contributed by atoms with Gasteiger partial charge in [0.25, 0.3) is 0 Å². The number of nitrogens with one attached hydrogen (secondary N) is 1. The fourth-order valence-corrected chi connectivity index (χ4v) is 2.99. The second-order valence-electron chi connectivity index (χ2n) is 6.02. The standard InChI is InChI=1S/C16H19NO8/c18-6-10-12(20)13(21)14(22)16(24-10)25-11(19)5-8-7-3-1-2-4-9(7)17-15(8)23/h1-4,8,10,12-14,16,18,20-22H,5-6H2,(H,17,23). The minimum Gasteiger partial charge on any atom is -0.433 e. The zero-order valence-corrected chi connectivity index (χ0v) is 13.1. The molecule has 6 atom stereocenters. The summed E-state index contributed by atoms with van der Waals surface area (Å²) < 4.78 is 10.1. The largest absolute Gasteiger partial charge is 0.433 e. The second-order valence-corrected chi connectivity index (χ2v) is 6.02. The maximum atomic E-state index is 12.2. The minimum absolute atomic E-state index is 0.280. The van der Waals surface area contributed by atoms with Crippen LogP contribution < -0.4 is 5.32 Å². The third-order valence-electron chi connectivity index (χ3n) is 4.38. The van der Waals surface area contributed by atoms with Crippen molar-refractivity contribution in [3.63, 3.8) is 0 Å². The van der Waals surface area contributed by atoms with Crippen LogP contribution in [0.25, 0.3) is 0 Å². The summed E-state index contributed by atoms with van der Waals surface area (Å²) in [6.07, 6.45) is -7.86. The zero-order valence-electron chi connectivity index (χ0n) is 13.1. The van der Waals surface area contributed by atoms with Gasteiger partial charge in [-0.1, -0.05) is 18.2 Å². The molecule has 3 rings (SSSR count). The summed E-state index contributed by atoms with van der Waals surface area (Å²) in [5.74, 6) is -1.89. The van der Waals surface area contributed by atoms with E-state index in [1.807, 2.05) is 0 Å². The Morgan fingerprint density at radius 3 is 2.60 bits per heavy atom. The molecule has 136 valence electrons. The zero-order chi connectivity index (χ0) is 18.1. The average molecular weight is 353 g/mol. The van der Waals surface area contributed by atoms with Crippen LogP contribution in [-0.2, 0) is 19.1 Å². The first-order valence-electron chi connectivity index (χ1n) is 7.82. The average Bonchev–Trinajstić information content (AvgIpc) is 2.91. The predicted octanol–water partition coefficient (Wildman–Crippen LogP) is -1.54. The van der Waals surface area contributed by atoms with Crippen LogP contribution in [0.1, 0.15) is 17.9 Å². The molecule has 1 saturated heterocycles. The molecule has 2 aliphatic rings. The lowest BCUT2D eigenvalue weighted by Gasteiger charge is -2.39. The number of amides is 1. The van der Waals surface area contributed by atoms with Gasteiger partial charge in [0.2, 0.25) is 12.2 Å². The number of hydrogen-bond donors (Lipinski definition) is 5. The molecular weight excluding hydrogens is 334 g/mol. The number of carbonyl (C=O) groups is 2. The molecule has 0 radical (unpaired) electrons. The molecule has 1 aromatic carbocycles. The van der Waals surface area contributed by atoms with Crippen LogP contribution in [0.5, 0.6) is 0 Å². The Labute approximate surface area is 142 Å². The molecule has 1 fully saturated rings. The van der Waals surface area contributed by atoms with E-state index >= 15 is 0 Å². The van der Waals surface area contributed by atoms with Crippen LogP contribution in [0.3, 0.4) is 0 Å². The van der Waals surface area contributed by atoms with Gasteiger partial charge < -0.3 is 35.2 Å². The van der Waals surface area contributed by atoms with Crippen molar-refractivity contribution in [2.75, 3.05) is 11.9 Å². The molecule has 0 saturated carbocycles. The highest BCUT2D eigenvalue weighted by Gasteiger charge is 2.45. The fourth-order valence-electron chi connectivity index (χ4n) is 2.99. The Morgan fingerprint density at radius 1 is 1.16 bits per heavy atom. The Kier molecular flexibility index (Phi) is 5.02. The number of aliphatic hydroxyl groups excluding tert-OH is 4. The van der Waals surface area contributed by atoms with Gasteiger partial charge in [0.05, 0.1) is 18.9 Å². The summed E-state index contributed by atoms with van der Waals surface area (Å²) in [5.41, 5.74) is 1.29. The van der Waals surface area contributed by atoms with E-state index < -0.39 is 49.2 Å². The number of anilines is 1. The first-order valence-corrected chi connectivity index (χ1v) is 7.82. The topological polar surface area (TPSA) is 146 Å². The van der Waals surface area contributed by atoms with Gasteiger partial charge >= 0.3 is 5.97 Å². The molecule has 0 aromatic heterocycles. The lowest BCUT2D eigenvalue weighted by Crippen LogP contribution is -2.59. The van der Waals surface area contributed by atoms with Crippen molar-refractivity contribution in [3.8, 4) is 0 Å². The van der Waals surface area contributed by atoms with Crippen LogP contribution in [0.4, 0.5) is 5.69 Å². The molecule has 0 spiro atoms. The molecule has 5 N–H and O–H groups in total. The van der Waals surface area contributed by atoms with Crippen molar-refractivity contribution >= 4 is 17.6 Å². The first kappa shape index (κ1) is 17.8. The highest BCUT2D eigenvalue weighted by atomic mass is 16.7. The third kappa shape index (κ3) is 3.37. The molecule has 1 aromatic rings. The maximum Gasteiger partial charge on any atom is 0.309 e. The summed E-state index contributed by atoms with van der Waals surface area (Å²) in [6.45, 7) is -0.628. The lowest BCUT2D eigenvalue weighted by atomic mass is 9.97. The quantitative estimate of drug-likeness (QED) is 0.409. The van der Waals surface area contributed by atoms with Gasteiger partial charge in [0.1, 0.15) is 24.4 Å². The number of aliphatic hydroxyl groups is 4. The first-order chi connectivity index (χ1) is 11.9. The van der Waals surface area contributed by atoms with E-state index in [9.17, 15) is 24.9 Å². The second kappa shape index (κ2) is 7.06. The molecule has 2 aliphatic heterocycles. The van der Waals surface area contributed by atoms with Crippen molar-refractivity contribution in [3.05, 3.63) is 29.8 Å². The van der Waals surface area contributed by atoms with E-state index in [2.05, 4.69) is 5.32 Å². The van der Waals surface area contributed by atoms with Gasteiger partial charge in [-0.2, -0.15) is 0 Å². The monoisotopic (exact) mass is 353 g/mol. The molecule has 6 unspecified atom stereocenters. The highest BCUT2D eigenvalue weighted by molar-refractivity contribution is 6.04. The van der Waals surface area contributed by atoms with E-state index in [0.29, 0.717) is 11.3 Å². The third-order valence-corrected chi connectivity index (χ3v) is 4.38. The van der Waals surface area contributed by atoms with Crippen molar-refractivity contribution < 1.29 is 39.5 Å². The number of fused-ring (bicyclic) bond motifs is 1. The summed E-state index contributed by atoms with van der Waals surface area (Å²) in [6, 6.07) is 6.94. The van der Waals surface area contributed by atoms with Crippen molar-refractivity contribution in [1.82, 2.24) is 0 Å². The number of benzene rings is 1. The molecule has 0 bridgehead atoms. The minimum atomic E-state index is -1.67. The fraction of sp³-hybridized carbons (Fsp3) is 0.500. The number of hydrogen-bond acceptors (Lipinski definition) is 8. The Bertz CT molecular complexity index is 663. The Balaban J connectivity index is 1.66. The number of rotatable bonds is 4. The Morgan fingerprint density at radius 2 is 1.88 bits per heavy atom. The molecule has 2 heterocycles. The van der Waals surface area contributed by atoms with Gasteiger partial charge in [0.15, 0.2) is 0 Å². The van der Waals surface area contributed by atoms with Gasteiger partial charge in [-0.05, 0) is 11.6 Å². The maximum absolute atomic E-state index is 12.2. The summed E-state index contributed by atoms with van der Waals surface area (Å²) in [4.78, 5) is 24.2. The predicted molar refractivity (Wildman–Crippen MR) is 82.3 cm³/mol. The van der Waals surface area contributed by atoms with Crippen molar-refractivity contribution in [2.24, 2.45) is 0 Å². The molecule has 0 aliphatic carbocycles. The van der Waals surface area contributed by atoms with E-state index in [4.69, 9.17) is 14.6 Å². The Hall–Kier alpha value is -2.04. The van der Waals surface area contributed by atoms with Gasteiger partial charge in [0, 0.05) is 5.69 Å². The summed E-state index contributed by atoms with van der Waals surface area (Å²) >= 11 is 0. The van der Waals surface area contributed by atoms with Crippen molar-refractivity contribution in [2.45, 2.75) is 43.0 Å². The lowest BCUT2D eigenvalue weighted by molar-refractivity contribution is -0.292. The summed E-state index contributed by atoms with van der Waals surface area (Å²) in [5, 5.41) is 41.0. The van der Waals surface area contributed by atoms with Crippen LogP contribution in [0.15, 0.2) is 24.3 Å². The van der Waals surface area contributed by atoms with Gasteiger partial charge in [-0.25, -0.2) is 0 Å². The molecule has 25 heavy (non-hydrogen) atoms. The van der Waals surface area contributed by atoms with Crippen LogP contribution in [0.2, 0.25) is 0 Å². The number of para-hydroxylation sites is 1. The molecule has 9 heteroatoms. The van der Waals surface area contributed by atoms with Crippen molar-refractivity contribution in [1.29, 1.82) is 0 Å². The normalized spacial score (nSPS) is 34.3. The number of carbonyl (C=O) groups excluding carboxylic acids is 2. The molecule has 9 nitrogen and oxygen atoms in total. The van der Waals surface area contributed by atoms with Crippen LogP contribution in [-0.4, -0.2) is 69.6 Å². The molecule has 1 amide bonds. The van der Waals surface area contributed by atoms with Gasteiger partial charge in [-0.15, -0.1) is 0 Å². The SMILES string of the molecule is O=C(CC1C(=O)Nc2ccccc21)OC1OC(CO)C(O)C(O)C1O. The number of esters is 1. The van der Waals surface area contributed by atoms with Gasteiger partial charge in [-0.3, -0.25) is 9.59 Å². The summed E-state index contributed by atoms with van der Waals surface area (Å²) in [7, 11) is 0. The van der Waals surface area contributed by atoms with E-state index in [-0.39, 0.29) is 12.3 Å². The van der Waals surface area contributed by atoms with E-state index in [1.165, 1.54) is 0 Å². The van der Waals surface area contributed by atoms with Crippen LogP contribution in [0, 0.1) is 0 Å².